The van der Waals surface area contributed by atoms with E-state index in [2.05, 4.69) is 5.32 Å². The average molecular weight is 300 g/mol. The fraction of sp³-hybridized carbons (Fsp3) is 0.556. The first kappa shape index (κ1) is 15.1. The number of nitrogens with one attached hydrogen (secondary N) is 1. The fourth-order valence-electron chi connectivity index (χ4n) is 3.46. The monoisotopic (exact) mass is 300 g/mol. The minimum atomic E-state index is -0.232. The lowest BCUT2D eigenvalue weighted by Gasteiger charge is -2.22. The van der Waals surface area contributed by atoms with Crippen LogP contribution in [0, 0.1) is 5.41 Å². The molecule has 0 spiro atoms. The van der Waals surface area contributed by atoms with E-state index in [-0.39, 0.29) is 17.2 Å². The molecule has 0 bridgehead atoms. The molecule has 0 radical (unpaired) electrons. The molecule has 4 nitrogen and oxygen atoms in total. The van der Waals surface area contributed by atoms with E-state index in [1.807, 2.05) is 36.1 Å². The Bertz CT molecular complexity index is 553. The Hall–Kier alpha value is -1.84. The molecule has 1 aromatic carbocycles. The minimum absolute atomic E-state index is 0.0955. The first-order valence-corrected chi connectivity index (χ1v) is 8.29. The maximum atomic E-state index is 12.4. The Morgan fingerprint density at radius 3 is 2.18 bits per heavy atom. The summed E-state index contributed by atoms with van der Waals surface area (Å²) < 4.78 is 0. The van der Waals surface area contributed by atoms with Crippen molar-refractivity contribution in [1.29, 1.82) is 0 Å². The van der Waals surface area contributed by atoms with Crippen molar-refractivity contribution < 1.29 is 9.59 Å². The predicted molar refractivity (Wildman–Crippen MR) is 86.8 cm³/mol. The second-order valence-electron chi connectivity index (χ2n) is 6.80. The van der Waals surface area contributed by atoms with Crippen LogP contribution in [0.1, 0.15) is 55.8 Å². The van der Waals surface area contributed by atoms with E-state index in [4.69, 9.17) is 0 Å². The lowest BCUT2D eigenvalue weighted by molar-refractivity contribution is -0.124. The largest absolute Gasteiger partial charge is 0.339 e. The normalized spacial score (nSPS) is 20.1. The van der Waals surface area contributed by atoms with Gasteiger partial charge >= 0.3 is 0 Å². The van der Waals surface area contributed by atoms with E-state index in [0.717, 1.165) is 57.3 Å². The van der Waals surface area contributed by atoms with Crippen LogP contribution in [0.3, 0.4) is 0 Å². The van der Waals surface area contributed by atoms with Crippen LogP contribution in [0.2, 0.25) is 0 Å². The fourth-order valence-corrected chi connectivity index (χ4v) is 3.46. The van der Waals surface area contributed by atoms with Gasteiger partial charge in [0.05, 0.1) is 0 Å². The van der Waals surface area contributed by atoms with Crippen molar-refractivity contribution in [1.82, 2.24) is 4.90 Å². The highest BCUT2D eigenvalue weighted by atomic mass is 16.2. The summed E-state index contributed by atoms with van der Waals surface area (Å²) in [5, 5.41) is 3.00. The summed E-state index contributed by atoms with van der Waals surface area (Å²) in [7, 11) is 0. The summed E-state index contributed by atoms with van der Waals surface area (Å²) in [5.74, 6) is 0.196. The van der Waals surface area contributed by atoms with Gasteiger partial charge in [0.1, 0.15) is 0 Å². The maximum Gasteiger partial charge on any atom is 0.253 e. The molecule has 0 aromatic heterocycles. The zero-order valence-corrected chi connectivity index (χ0v) is 13.2. The van der Waals surface area contributed by atoms with E-state index in [1.165, 1.54) is 0 Å². The van der Waals surface area contributed by atoms with Crippen molar-refractivity contribution >= 4 is 17.5 Å². The predicted octanol–water partition coefficient (Wildman–Crippen LogP) is 3.44. The van der Waals surface area contributed by atoms with Crippen molar-refractivity contribution in [3.05, 3.63) is 29.8 Å². The van der Waals surface area contributed by atoms with Gasteiger partial charge in [0.15, 0.2) is 0 Å². The highest BCUT2D eigenvalue weighted by Crippen LogP contribution is 2.38. The number of benzene rings is 1. The van der Waals surface area contributed by atoms with E-state index in [0.29, 0.717) is 5.56 Å². The molecule has 2 aliphatic rings. The second-order valence-corrected chi connectivity index (χ2v) is 6.80. The van der Waals surface area contributed by atoms with E-state index < -0.39 is 0 Å². The summed E-state index contributed by atoms with van der Waals surface area (Å²) in [5.41, 5.74) is 1.24. The van der Waals surface area contributed by atoms with Crippen LogP contribution in [-0.2, 0) is 4.79 Å². The molecule has 1 aliphatic carbocycles. The zero-order valence-electron chi connectivity index (χ0n) is 13.2. The van der Waals surface area contributed by atoms with Gasteiger partial charge in [-0.15, -0.1) is 0 Å². The lowest BCUT2D eigenvalue weighted by Crippen LogP contribution is -2.31. The topological polar surface area (TPSA) is 49.4 Å². The van der Waals surface area contributed by atoms with Crippen LogP contribution in [0.25, 0.3) is 0 Å². The Morgan fingerprint density at radius 1 is 1.00 bits per heavy atom. The number of hydrogen-bond donors (Lipinski definition) is 1. The summed E-state index contributed by atoms with van der Waals surface area (Å²) in [6.45, 7) is 3.76. The van der Waals surface area contributed by atoms with Crippen LogP contribution in [0.5, 0.6) is 0 Å². The number of rotatable bonds is 3. The van der Waals surface area contributed by atoms with Gasteiger partial charge in [-0.3, -0.25) is 9.59 Å². The molecular weight excluding hydrogens is 276 g/mol. The first-order chi connectivity index (χ1) is 10.6. The van der Waals surface area contributed by atoms with Crippen LogP contribution in [-0.4, -0.2) is 29.8 Å². The lowest BCUT2D eigenvalue weighted by atomic mass is 9.88. The molecule has 3 rings (SSSR count). The van der Waals surface area contributed by atoms with Crippen molar-refractivity contribution in [3.63, 3.8) is 0 Å². The Morgan fingerprint density at radius 2 is 1.59 bits per heavy atom. The number of hydrogen-bond acceptors (Lipinski definition) is 2. The van der Waals surface area contributed by atoms with Crippen molar-refractivity contribution in [2.45, 2.75) is 45.4 Å². The Balaban J connectivity index is 1.64. The molecule has 1 heterocycles. The standard InChI is InChI=1S/C18H24N2O2/c1-18(10-2-3-11-18)17(22)19-15-8-6-14(7-9-15)16(21)20-12-4-5-13-20/h6-9H,2-5,10-13H2,1H3,(H,19,22). The number of carbonyl (C=O) groups excluding carboxylic acids is 2. The molecule has 1 aromatic rings. The average Bonchev–Trinajstić information content (AvgIpc) is 3.19. The van der Waals surface area contributed by atoms with Crippen LogP contribution in [0.15, 0.2) is 24.3 Å². The van der Waals surface area contributed by atoms with E-state index in [9.17, 15) is 9.59 Å². The second kappa shape index (κ2) is 6.11. The molecule has 2 fully saturated rings. The minimum Gasteiger partial charge on any atom is -0.339 e. The molecule has 4 heteroatoms. The summed E-state index contributed by atoms with van der Waals surface area (Å²) in [6, 6.07) is 7.29. The quantitative estimate of drug-likeness (QED) is 0.929. The summed E-state index contributed by atoms with van der Waals surface area (Å²) >= 11 is 0. The highest BCUT2D eigenvalue weighted by Gasteiger charge is 2.36. The number of likely N-dealkylation sites (tertiary alicyclic amines) is 1. The van der Waals surface area contributed by atoms with E-state index >= 15 is 0 Å². The molecule has 2 amide bonds. The molecule has 0 unspecified atom stereocenters. The smallest absolute Gasteiger partial charge is 0.253 e. The van der Waals surface area contributed by atoms with Gasteiger partial charge in [-0.1, -0.05) is 19.8 Å². The van der Waals surface area contributed by atoms with E-state index in [1.54, 1.807) is 0 Å². The zero-order chi connectivity index (χ0) is 15.6. The van der Waals surface area contributed by atoms with Crippen molar-refractivity contribution in [2.75, 3.05) is 18.4 Å². The van der Waals surface area contributed by atoms with Gasteiger partial charge in [-0.05, 0) is 49.9 Å². The van der Waals surface area contributed by atoms with Crippen molar-refractivity contribution in [3.8, 4) is 0 Å². The third kappa shape index (κ3) is 3.01. The molecule has 118 valence electrons. The maximum absolute atomic E-state index is 12.4. The molecule has 1 aliphatic heterocycles. The highest BCUT2D eigenvalue weighted by molar-refractivity contribution is 5.97. The molecule has 1 saturated heterocycles. The summed E-state index contributed by atoms with van der Waals surface area (Å²) in [4.78, 5) is 26.6. The number of anilines is 1. The third-order valence-electron chi connectivity index (χ3n) is 5.04. The first-order valence-electron chi connectivity index (χ1n) is 8.29. The van der Waals surface area contributed by atoms with Gasteiger partial charge < -0.3 is 10.2 Å². The van der Waals surface area contributed by atoms with Gasteiger partial charge in [0.25, 0.3) is 5.91 Å². The molecular formula is C18H24N2O2. The number of nitrogens with zero attached hydrogens (tertiary/aromatic N) is 1. The van der Waals surface area contributed by atoms with Crippen LogP contribution < -0.4 is 5.32 Å². The van der Waals surface area contributed by atoms with Gasteiger partial charge in [-0.25, -0.2) is 0 Å². The molecule has 1 N–H and O–H groups in total. The molecule has 22 heavy (non-hydrogen) atoms. The van der Waals surface area contributed by atoms with Crippen LogP contribution >= 0.6 is 0 Å². The molecule has 1 saturated carbocycles. The van der Waals surface area contributed by atoms with Gasteiger partial charge in [0, 0.05) is 29.8 Å². The summed E-state index contributed by atoms with van der Waals surface area (Å²) in [6.07, 6.45) is 6.38. The van der Waals surface area contributed by atoms with Gasteiger partial charge in [-0.2, -0.15) is 0 Å². The van der Waals surface area contributed by atoms with Crippen LogP contribution in [0.4, 0.5) is 5.69 Å². The third-order valence-corrected chi connectivity index (χ3v) is 5.04. The Labute approximate surface area is 131 Å². The molecule has 0 atom stereocenters. The van der Waals surface area contributed by atoms with Crippen molar-refractivity contribution in [2.24, 2.45) is 5.41 Å². The Kier molecular flexibility index (Phi) is 4.19. The SMILES string of the molecule is CC1(C(=O)Nc2ccc(C(=O)N3CCCC3)cc2)CCCC1. The number of amides is 2. The van der Waals surface area contributed by atoms with Gasteiger partial charge in [0.2, 0.25) is 5.91 Å². The number of carbonyl (C=O) groups is 2.